The summed E-state index contributed by atoms with van der Waals surface area (Å²) in [5.41, 5.74) is 2.11. The Morgan fingerprint density at radius 3 is 2.74 bits per heavy atom. The molecule has 4 aliphatic rings. The van der Waals surface area contributed by atoms with Gasteiger partial charge in [-0.05, 0) is 30.9 Å². The Morgan fingerprint density at radius 2 is 2.04 bits per heavy atom. The van der Waals surface area contributed by atoms with Gasteiger partial charge in [0.15, 0.2) is 10.9 Å². The van der Waals surface area contributed by atoms with Gasteiger partial charge in [0.2, 0.25) is 0 Å². The normalized spacial score (nSPS) is 31.7. The Balaban J connectivity index is 1.39. The molecule has 1 aromatic rings. The van der Waals surface area contributed by atoms with Crippen molar-refractivity contribution in [1.29, 1.82) is 0 Å². The quantitative estimate of drug-likeness (QED) is 0.776. The van der Waals surface area contributed by atoms with Crippen LogP contribution in [0.15, 0.2) is 6.07 Å². The van der Waals surface area contributed by atoms with E-state index >= 15 is 0 Å². The first-order valence-corrected chi connectivity index (χ1v) is 8.72. The molecular formula is C17H20ClNO4. The molecule has 5 rings (SSSR count). The highest BCUT2D eigenvalue weighted by Gasteiger charge is 2.51. The second-order valence-corrected chi connectivity index (χ2v) is 7.68. The largest absolute Gasteiger partial charge is 0.487 e. The van der Waals surface area contributed by atoms with Crippen molar-refractivity contribution in [2.75, 3.05) is 33.0 Å². The van der Waals surface area contributed by atoms with Crippen molar-refractivity contribution < 1.29 is 18.9 Å². The average molecular weight is 338 g/mol. The third kappa shape index (κ3) is 2.21. The van der Waals surface area contributed by atoms with Crippen LogP contribution in [-0.4, -0.2) is 44.1 Å². The van der Waals surface area contributed by atoms with Crippen LogP contribution >= 0.6 is 11.6 Å². The third-order valence-corrected chi connectivity index (χ3v) is 5.89. The molecule has 0 radical (unpaired) electrons. The van der Waals surface area contributed by atoms with Crippen LogP contribution in [0.2, 0.25) is 5.15 Å². The number of nitrogens with zero attached hydrogens (tertiary/aromatic N) is 1. The van der Waals surface area contributed by atoms with Gasteiger partial charge in [-0.3, -0.25) is 0 Å². The molecule has 5 nitrogen and oxygen atoms in total. The molecule has 1 aromatic heterocycles. The lowest BCUT2D eigenvalue weighted by molar-refractivity contribution is -0.191. The molecule has 4 heterocycles. The summed E-state index contributed by atoms with van der Waals surface area (Å²) in [5, 5.41) is 0.436. The van der Waals surface area contributed by atoms with Crippen molar-refractivity contribution in [1.82, 2.24) is 4.98 Å². The monoisotopic (exact) mass is 337 g/mol. The summed E-state index contributed by atoms with van der Waals surface area (Å²) in [6.07, 6.45) is 4.04. The molecule has 1 atom stereocenters. The Labute approximate surface area is 140 Å². The van der Waals surface area contributed by atoms with Gasteiger partial charge in [-0.15, -0.1) is 0 Å². The minimum Gasteiger partial charge on any atom is -0.487 e. The van der Waals surface area contributed by atoms with Gasteiger partial charge in [0.1, 0.15) is 11.7 Å². The maximum atomic E-state index is 6.41. The second-order valence-electron chi connectivity index (χ2n) is 7.32. The number of pyridine rings is 1. The highest BCUT2D eigenvalue weighted by Crippen LogP contribution is 2.49. The fourth-order valence-electron chi connectivity index (χ4n) is 4.25. The molecule has 3 fully saturated rings. The Hall–Kier alpha value is -0.880. The summed E-state index contributed by atoms with van der Waals surface area (Å²) in [6.45, 7) is 3.73. The third-order valence-electron chi connectivity index (χ3n) is 5.62. The van der Waals surface area contributed by atoms with Crippen LogP contribution in [0.3, 0.4) is 0 Å². The van der Waals surface area contributed by atoms with Crippen molar-refractivity contribution in [3.05, 3.63) is 22.5 Å². The molecule has 0 amide bonds. The zero-order valence-electron chi connectivity index (χ0n) is 13.0. The van der Waals surface area contributed by atoms with Crippen LogP contribution in [0.4, 0.5) is 0 Å². The van der Waals surface area contributed by atoms with E-state index in [1.54, 1.807) is 0 Å². The van der Waals surface area contributed by atoms with Crippen molar-refractivity contribution in [3.8, 4) is 5.75 Å². The van der Waals surface area contributed by atoms with Crippen LogP contribution in [-0.2, 0) is 26.2 Å². The number of rotatable bonds is 2. The predicted octanol–water partition coefficient (Wildman–Crippen LogP) is 2.48. The summed E-state index contributed by atoms with van der Waals surface area (Å²) >= 11 is 6.41. The molecule has 2 spiro atoms. The van der Waals surface area contributed by atoms with E-state index in [9.17, 15) is 0 Å². The Kier molecular flexibility index (Phi) is 3.18. The van der Waals surface area contributed by atoms with Crippen molar-refractivity contribution in [2.45, 2.75) is 37.4 Å². The highest BCUT2D eigenvalue weighted by molar-refractivity contribution is 6.30. The number of ether oxygens (including phenoxy) is 4. The van der Waals surface area contributed by atoms with Crippen LogP contribution < -0.4 is 4.74 Å². The number of halogens is 1. The number of fused-ring (bicyclic) bond motifs is 2. The van der Waals surface area contributed by atoms with E-state index in [0.717, 1.165) is 44.6 Å². The minimum atomic E-state index is -0.403. The van der Waals surface area contributed by atoms with E-state index in [0.29, 0.717) is 36.1 Å². The zero-order valence-corrected chi connectivity index (χ0v) is 13.7. The molecule has 1 aliphatic carbocycles. The first-order chi connectivity index (χ1) is 11.2. The molecule has 0 N–H and O–H groups in total. The molecule has 6 heteroatoms. The van der Waals surface area contributed by atoms with Gasteiger partial charge in [-0.2, -0.15) is 0 Å². The van der Waals surface area contributed by atoms with E-state index in [1.807, 2.05) is 0 Å². The van der Waals surface area contributed by atoms with E-state index in [-0.39, 0.29) is 6.10 Å². The molecular weight excluding hydrogens is 318 g/mol. The summed E-state index contributed by atoms with van der Waals surface area (Å²) in [6, 6.07) is 2.07. The summed E-state index contributed by atoms with van der Waals surface area (Å²) in [7, 11) is 0. The van der Waals surface area contributed by atoms with Crippen molar-refractivity contribution >= 4 is 11.6 Å². The van der Waals surface area contributed by atoms with E-state index < -0.39 is 5.60 Å². The summed E-state index contributed by atoms with van der Waals surface area (Å²) in [5.74, 6) is 0.710. The van der Waals surface area contributed by atoms with Gasteiger partial charge in [0, 0.05) is 18.4 Å². The Morgan fingerprint density at radius 1 is 1.17 bits per heavy atom. The van der Waals surface area contributed by atoms with Gasteiger partial charge in [-0.25, -0.2) is 4.98 Å². The predicted molar refractivity (Wildman–Crippen MR) is 82.9 cm³/mol. The first-order valence-electron chi connectivity index (χ1n) is 8.34. The molecule has 1 unspecified atom stereocenters. The van der Waals surface area contributed by atoms with Crippen LogP contribution in [0, 0.1) is 5.41 Å². The van der Waals surface area contributed by atoms with Gasteiger partial charge < -0.3 is 18.9 Å². The summed E-state index contributed by atoms with van der Waals surface area (Å²) in [4.78, 5) is 4.64. The van der Waals surface area contributed by atoms with E-state index in [4.69, 9.17) is 30.5 Å². The average Bonchev–Trinajstić information content (AvgIpc) is 2.91. The summed E-state index contributed by atoms with van der Waals surface area (Å²) < 4.78 is 23.0. The number of aromatic nitrogens is 1. The van der Waals surface area contributed by atoms with Gasteiger partial charge in [-0.1, -0.05) is 11.6 Å². The number of hydrogen-bond acceptors (Lipinski definition) is 5. The highest BCUT2D eigenvalue weighted by atomic mass is 35.5. The second kappa shape index (κ2) is 5.06. The molecule has 3 aliphatic heterocycles. The maximum absolute atomic E-state index is 6.41. The lowest BCUT2D eigenvalue weighted by atomic mass is 9.65. The lowest BCUT2D eigenvalue weighted by Gasteiger charge is -2.52. The lowest BCUT2D eigenvalue weighted by Crippen LogP contribution is -2.56. The van der Waals surface area contributed by atoms with Crippen LogP contribution in [0.5, 0.6) is 5.75 Å². The van der Waals surface area contributed by atoms with Crippen LogP contribution in [0.1, 0.15) is 30.5 Å². The topological polar surface area (TPSA) is 49.8 Å². The van der Waals surface area contributed by atoms with E-state index in [2.05, 4.69) is 11.1 Å². The Bertz CT molecular complexity index is 632. The van der Waals surface area contributed by atoms with Gasteiger partial charge >= 0.3 is 0 Å². The fourth-order valence-corrected chi connectivity index (χ4v) is 4.43. The standard InChI is InChI=1S/C17H20ClNO4/c18-15-13(23-12-6-16(7-12)8-21-9-16)5-11-1-3-22-17(14(11)19-15)2-4-20-10-17/h5,12H,1-4,6-10H2. The first kappa shape index (κ1) is 14.5. The molecule has 124 valence electrons. The zero-order chi connectivity index (χ0) is 15.5. The smallest absolute Gasteiger partial charge is 0.171 e. The molecule has 23 heavy (non-hydrogen) atoms. The van der Waals surface area contributed by atoms with Crippen LogP contribution in [0.25, 0.3) is 0 Å². The number of hydrogen-bond donors (Lipinski definition) is 0. The maximum Gasteiger partial charge on any atom is 0.171 e. The SMILES string of the molecule is Clc1nc2c(cc1OC1CC3(COC3)C1)CCOC21CCOC1. The minimum absolute atomic E-state index is 0.236. The fraction of sp³-hybridized carbons (Fsp3) is 0.706. The molecule has 1 saturated carbocycles. The molecule has 0 bridgehead atoms. The van der Waals surface area contributed by atoms with Crippen molar-refractivity contribution in [2.24, 2.45) is 5.41 Å². The molecule has 0 aromatic carbocycles. The van der Waals surface area contributed by atoms with Gasteiger partial charge in [0.25, 0.3) is 0 Å². The molecule has 2 saturated heterocycles. The van der Waals surface area contributed by atoms with Crippen molar-refractivity contribution in [3.63, 3.8) is 0 Å². The van der Waals surface area contributed by atoms with E-state index in [1.165, 1.54) is 5.56 Å². The van der Waals surface area contributed by atoms with Gasteiger partial charge in [0.05, 0.1) is 32.1 Å².